The molecule has 0 aliphatic rings. The largest absolute Gasteiger partial charge is 0.462 e. The number of ether oxygens (including phenoxy) is 1. The molecule has 0 bridgehead atoms. The molecule has 0 aliphatic carbocycles. The molecule has 0 aromatic carbocycles. The van der Waals surface area contributed by atoms with Gasteiger partial charge in [0.15, 0.2) is 8.32 Å². The molecule has 160 valence electrons. The van der Waals surface area contributed by atoms with Gasteiger partial charge in [-0.3, -0.25) is 0 Å². The fourth-order valence-corrected chi connectivity index (χ4v) is 9.66. The Morgan fingerprint density at radius 3 is 1.96 bits per heavy atom. The summed E-state index contributed by atoms with van der Waals surface area (Å²) in [6.07, 6.45) is -4.47. The van der Waals surface area contributed by atoms with E-state index < -0.39 is 35.4 Å². The van der Waals surface area contributed by atoms with E-state index in [0.29, 0.717) is 18.0 Å². The number of esters is 1. The van der Waals surface area contributed by atoms with Gasteiger partial charge in [0.2, 0.25) is 0 Å². The van der Waals surface area contributed by atoms with Gasteiger partial charge < -0.3 is 13.3 Å². The van der Waals surface area contributed by atoms with Crippen molar-refractivity contribution in [2.75, 3.05) is 13.7 Å². The maximum absolute atomic E-state index is 12.4. The second kappa shape index (κ2) is 13.5. The van der Waals surface area contributed by atoms with E-state index in [-0.39, 0.29) is 34.9 Å². The lowest BCUT2D eigenvalue weighted by Gasteiger charge is -2.35. The van der Waals surface area contributed by atoms with Crippen molar-refractivity contribution in [2.24, 2.45) is 0 Å². The third-order valence-electron chi connectivity index (χ3n) is 3.29. The zero-order valence-electron chi connectivity index (χ0n) is 14.5. The van der Waals surface area contributed by atoms with Crippen molar-refractivity contribution in [3.8, 4) is 0 Å². The Hall–Kier alpha value is -0.646. The number of carbonyl (C=O) groups excluding carboxylic acids is 1. The van der Waals surface area contributed by atoms with E-state index in [1.807, 2.05) is 6.55 Å². The van der Waals surface area contributed by atoms with Crippen molar-refractivity contribution in [3.63, 3.8) is 0 Å². The fourth-order valence-electron chi connectivity index (χ4n) is 1.95. The van der Waals surface area contributed by atoms with E-state index in [0.717, 1.165) is 0 Å². The third-order valence-corrected chi connectivity index (χ3v) is 10.8. The number of halogens is 3. The molecular weight excluding hydrogens is 381 g/mol. The third kappa shape index (κ3) is 15.6. The van der Waals surface area contributed by atoms with E-state index in [1.54, 1.807) is 20.0 Å². The van der Waals surface area contributed by atoms with Crippen LogP contribution in [0.1, 0.15) is 42.0 Å². The molecular formula is C17H39F3O4Si2. The monoisotopic (exact) mass is 420 g/mol. The molecule has 0 rings (SSSR count). The van der Waals surface area contributed by atoms with Gasteiger partial charge in [-0.05, 0) is 45.1 Å². The Morgan fingerprint density at radius 2 is 1.58 bits per heavy atom. The average Bonchev–Trinajstić information content (AvgIpc) is 2.40. The molecule has 9 heteroatoms. The highest BCUT2D eigenvalue weighted by Crippen LogP contribution is 2.29. The number of carbonyl (C=O) groups is 1. The van der Waals surface area contributed by atoms with Crippen molar-refractivity contribution in [1.82, 2.24) is 0 Å². The molecule has 0 saturated carbocycles. The topological polar surface area (TPSA) is 44.8 Å². The van der Waals surface area contributed by atoms with Crippen molar-refractivity contribution in [1.29, 1.82) is 0 Å². The first-order valence-corrected chi connectivity index (χ1v) is 13.1. The first-order chi connectivity index (χ1) is 10.3. The minimum atomic E-state index is -4.17. The maximum Gasteiger partial charge on any atom is 0.388 e. The Morgan fingerprint density at radius 1 is 1.08 bits per heavy atom. The van der Waals surface area contributed by atoms with E-state index in [4.69, 9.17) is 13.3 Å². The molecule has 0 spiro atoms. The number of hydrogen-bond acceptors (Lipinski definition) is 4. The van der Waals surface area contributed by atoms with Crippen LogP contribution in [0.3, 0.4) is 0 Å². The van der Waals surface area contributed by atoms with Gasteiger partial charge in [-0.1, -0.05) is 28.9 Å². The van der Waals surface area contributed by atoms with Crippen LogP contribution in [0.4, 0.5) is 13.2 Å². The van der Waals surface area contributed by atoms with Crippen molar-refractivity contribution >= 4 is 22.8 Å². The fraction of sp³-hybridized carbons (Fsp3) is 0.824. The number of rotatable bonds is 10. The minimum absolute atomic E-state index is 0. The van der Waals surface area contributed by atoms with Crippen LogP contribution >= 0.6 is 0 Å². The molecule has 0 N–H and O–H groups in total. The van der Waals surface area contributed by atoms with E-state index in [2.05, 4.69) is 6.58 Å². The van der Waals surface area contributed by atoms with E-state index in [1.165, 1.54) is 7.11 Å². The highest BCUT2D eigenvalue weighted by molar-refractivity contribution is 6.82. The molecule has 0 radical (unpaired) electrons. The molecule has 1 atom stereocenters. The maximum atomic E-state index is 12.4. The molecule has 0 aromatic rings. The van der Waals surface area contributed by atoms with Gasteiger partial charge in [0, 0.05) is 19.1 Å². The Labute approximate surface area is 160 Å². The summed E-state index contributed by atoms with van der Waals surface area (Å²) in [7, 11) is -3.53. The summed E-state index contributed by atoms with van der Waals surface area (Å²) in [5.41, 5.74) is 0.327. The number of hydrogen-bond donors (Lipinski definition) is 0. The van der Waals surface area contributed by atoms with Crippen LogP contribution in [0.15, 0.2) is 12.2 Å². The second-order valence-electron chi connectivity index (χ2n) is 6.33. The molecule has 0 amide bonds. The zero-order valence-corrected chi connectivity index (χ0v) is 16.5. The summed E-state index contributed by atoms with van der Waals surface area (Å²) in [5, 5.41) is 0. The van der Waals surface area contributed by atoms with Crippen molar-refractivity contribution in [2.45, 2.75) is 80.0 Å². The summed E-state index contributed by atoms with van der Waals surface area (Å²) < 4.78 is 53.6. The van der Waals surface area contributed by atoms with Crippen LogP contribution in [-0.2, 0) is 18.1 Å². The first-order valence-electron chi connectivity index (χ1n) is 7.45. The van der Waals surface area contributed by atoms with Crippen molar-refractivity contribution in [3.05, 3.63) is 12.2 Å². The minimum Gasteiger partial charge on any atom is -0.462 e. The Bertz CT molecular complexity index is 415. The van der Waals surface area contributed by atoms with Crippen LogP contribution in [0.5, 0.6) is 0 Å². The SMILES string of the molecule is C.C.C.C=C(C)C(=O)OCCC[Si](C)(OC)O[Si](C)(C)CCC(F)(F)F. The highest BCUT2D eigenvalue weighted by Gasteiger charge is 2.40. The van der Waals surface area contributed by atoms with Crippen LogP contribution in [0.25, 0.3) is 0 Å². The van der Waals surface area contributed by atoms with Gasteiger partial charge in [-0.15, -0.1) is 0 Å². The molecule has 0 aromatic heterocycles. The van der Waals surface area contributed by atoms with Gasteiger partial charge in [-0.25, -0.2) is 4.79 Å². The molecule has 0 fully saturated rings. The van der Waals surface area contributed by atoms with Gasteiger partial charge in [-0.2, -0.15) is 13.2 Å². The van der Waals surface area contributed by atoms with Gasteiger partial charge in [0.1, 0.15) is 0 Å². The summed E-state index contributed by atoms with van der Waals surface area (Å²) in [6, 6.07) is 0.558. The summed E-state index contributed by atoms with van der Waals surface area (Å²) in [6.45, 7) is 10.6. The molecule has 0 saturated heterocycles. The second-order valence-corrected chi connectivity index (χ2v) is 14.3. The van der Waals surface area contributed by atoms with Crippen LogP contribution in [0.2, 0.25) is 31.7 Å². The summed E-state index contributed by atoms with van der Waals surface area (Å²) in [4.78, 5) is 11.3. The van der Waals surface area contributed by atoms with Gasteiger partial charge >= 0.3 is 20.7 Å². The van der Waals surface area contributed by atoms with E-state index >= 15 is 0 Å². The highest BCUT2D eigenvalue weighted by atomic mass is 28.4. The summed E-state index contributed by atoms with van der Waals surface area (Å²) >= 11 is 0. The first kappa shape index (κ1) is 33.0. The lowest BCUT2D eigenvalue weighted by molar-refractivity contribution is -0.139. The average molecular weight is 421 g/mol. The lowest BCUT2D eigenvalue weighted by Crippen LogP contribution is -2.48. The van der Waals surface area contributed by atoms with Crippen LogP contribution < -0.4 is 0 Å². The van der Waals surface area contributed by atoms with Crippen LogP contribution in [0, 0.1) is 0 Å². The lowest BCUT2D eigenvalue weighted by atomic mass is 10.4. The number of alkyl halides is 3. The van der Waals surface area contributed by atoms with E-state index in [9.17, 15) is 18.0 Å². The molecule has 0 aliphatic heterocycles. The smallest absolute Gasteiger partial charge is 0.388 e. The Balaban J connectivity index is -0.000000807. The zero-order chi connectivity index (χ0) is 18.3. The molecule has 0 heterocycles. The van der Waals surface area contributed by atoms with Gasteiger partial charge in [0.05, 0.1) is 6.61 Å². The quantitative estimate of drug-likeness (QED) is 0.180. The summed E-state index contributed by atoms with van der Waals surface area (Å²) in [5.74, 6) is -0.452. The normalized spacial score (nSPS) is 13.4. The van der Waals surface area contributed by atoms with Crippen LogP contribution in [-0.4, -0.2) is 42.7 Å². The molecule has 4 nitrogen and oxygen atoms in total. The predicted octanol–water partition coefficient (Wildman–Crippen LogP) is 6.30. The Kier molecular flexibility index (Phi) is 17.1. The van der Waals surface area contributed by atoms with Gasteiger partial charge in [0.25, 0.3) is 0 Å². The standard InChI is InChI=1S/C14H27F3O4Si2.3CH4/c1-12(2)13(18)20-9-7-10-23(6,19-3)21-22(4,5)11-8-14(15,16)17;;;/h1,7-11H2,2-6H3;3*1H4. The van der Waals surface area contributed by atoms with Crippen molar-refractivity contribution < 1.29 is 31.2 Å². The molecule has 26 heavy (non-hydrogen) atoms. The molecule has 1 unspecified atom stereocenters. The predicted molar refractivity (Wildman–Crippen MR) is 108 cm³/mol.